The molecule has 118 valence electrons. The summed E-state index contributed by atoms with van der Waals surface area (Å²) in [5, 5.41) is 6.04. The number of carbonyl (C=O) groups excluding carboxylic acids is 1. The zero-order valence-electron chi connectivity index (χ0n) is 12.8. The molecule has 0 aliphatic heterocycles. The van der Waals surface area contributed by atoms with Crippen molar-refractivity contribution in [2.45, 2.75) is 19.8 Å². The molecular weight excluding hydrogens is 314 g/mol. The zero-order chi connectivity index (χ0) is 16.4. The molecule has 0 fully saturated rings. The lowest BCUT2D eigenvalue weighted by Gasteiger charge is -2.07. The van der Waals surface area contributed by atoms with Crippen molar-refractivity contribution in [2.24, 2.45) is 0 Å². The molecule has 2 amide bonds. The van der Waals surface area contributed by atoms with Crippen molar-refractivity contribution in [2.75, 3.05) is 10.6 Å². The number of benzene rings is 2. The highest BCUT2D eigenvalue weighted by atomic mass is 35.5. The fourth-order valence-corrected chi connectivity index (χ4v) is 2.32. The van der Waals surface area contributed by atoms with E-state index < -0.39 is 0 Å². The van der Waals surface area contributed by atoms with Gasteiger partial charge in [-0.05, 0) is 30.3 Å². The number of halogens is 1. The van der Waals surface area contributed by atoms with Gasteiger partial charge in [0.1, 0.15) is 5.52 Å². The second kappa shape index (κ2) is 6.30. The molecule has 2 aromatic carbocycles. The lowest BCUT2D eigenvalue weighted by atomic mass is 10.2. The van der Waals surface area contributed by atoms with Gasteiger partial charge in [0.2, 0.25) is 0 Å². The Morgan fingerprint density at radius 1 is 1.13 bits per heavy atom. The summed E-state index contributed by atoms with van der Waals surface area (Å²) in [7, 11) is 0. The van der Waals surface area contributed by atoms with E-state index in [-0.39, 0.29) is 11.9 Å². The first-order valence-electron chi connectivity index (χ1n) is 7.25. The number of hydrogen-bond donors (Lipinski definition) is 2. The van der Waals surface area contributed by atoms with E-state index in [4.69, 9.17) is 16.0 Å². The molecule has 0 aliphatic carbocycles. The maximum absolute atomic E-state index is 12.0. The van der Waals surface area contributed by atoms with E-state index in [0.29, 0.717) is 27.9 Å². The molecule has 0 unspecified atom stereocenters. The Balaban J connectivity index is 1.74. The number of rotatable bonds is 3. The number of nitrogens with zero attached hydrogens (tertiary/aromatic N) is 1. The molecule has 1 heterocycles. The van der Waals surface area contributed by atoms with Crippen LogP contribution in [-0.4, -0.2) is 11.0 Å². The van der Waals surface area contributed by atoms with E-state index in [1.807, 2.05) is 19.9 Å². The van der Waals surface area contributed by atoms with Gasteiger partial charge in [0, 0.05) is 28.4 Å². The Bertz CT molecular complexity index is 858. The average Bonchev–Trinajstić information content (AvgIpc) is 2.90. The van der Waals surface area contributed by atoms with Gasteiger partial charge in [0.15, 0.2) is 11.5 Å². The maximum Gasteiger partial charge on any atom is 0.323 e. The minimum atomic E-state index is -0.352. The van der Waals surface area contributed by atoms with Gasteiger partial charge in [-0.2, -0.15) is 0 Å². The molecule has 0 bridgehead atoms. The molecule has 0 spiro atoms. The largest absolute Gasteiger partial charge is 0.440 e. The SMILES string of the molecule is CC(C)c1nc2ccc(NC(=O)Nc3cccc(Cl)c3)cc2o1. The lowest BCUT2D eigenvalue weighted by molar-refractivity contribution is 0.262. The maximum atomic E-state index is 12.0. The topological polar surface area (TPSA) is 67.2 Å². The molecule has 3 rings (SSSR count). The van der Waals surface area contributed by atoms with Crippen LogP contribution in [0.4, 0.5) is 16.2 Å². The summed E-state index contributed by atoms with van der Waals surface area (Å²) >= 11 is 5.89. The smallest absolute Gasteiger partial charge is 0.323 e. The first-order valence-corrected chi connectivity index (χ1v) is 7.63. The fourth-order valence-electron chi connectivity index (χ4n) is 2.13. The summed E-state index contributed by atoms with van der Waals surface area (Å²) in [6, 6.07) is 12.0. The molecule has 0 saturated heterocycles. The van der Waals surface area contributed by atoms with E-state index in [9.17, 15) is 4.79 Å². The van der Waals surface area contributed by atoms with Crippen LogP contribution < -0.4 is 10.6 Å². The molecule has 23 heavy (non-hydrogen) atoms. The Kier molecular flexibility index (Phi) is 4.21. The third-order valence-electron chi connectivity index (χ3n) is 3.24. The highest BCUT2D eigenvalue weighted by Crippen LogP contribution is 2.24. The molecule has 3 aromatic rings. The van der Waals surface area contributed by atoms with Crippen molar-refractivity contribution in [3.05, 3.63) is 53.4 Å². The third-order valence-corrected chi connectivity index (χ3v) is 3.47. The number of carbonyl (C=O) groups is 1. The summed E-state index contributed by atoms with van der Waals surface area (Å²) in [5.74, 6) is 0.894. The van der Waals surface area contributed by atoms with Crippen LogP contribution in [0.1, 0.15) is 25.7 Å². The second-order valence-corrected chi connectivity index (χ2v) is 5.92. The lowest BCUT2D eigenvalue weighted by Crippen LogP contribution is -2.19. The first-order chi connectivity index (χ1) is 11.0. The summed E-state index contributed by atoms with van der Waals surface area (Å²) < 4.78 is 5.69. The summed E-state index contributed by atoms with van der Waals surface area (Å²) in [6.07, 6.45) is 0. The average molecular weight is 330 g/mol. The number of aromatic nitrogens is 1. The number of amides is 2. The molecule has 0 radical (unpaired) electrons. The Labute approximate surface area is 138 Å². The normalized spacial score (nSPS) is 11.0. The molecule has 0 atom stereocenters. The second-order valence-electron chi connectivity index (χ2n) is 5.48. The van der Waals surface area contributed by atoms with Gasteiger partial charge in [-0.15, -0.1) is 0 Å². The molecule has 1 aromatic heterocycles. The van der Waals surface area contributed by atoms with Crippen LogP contribution in [0.5, 0.6) is 0 Å². The number of hydrogen-bond acceptors (Lipinski definition) is 3. The molecular formula is C17H16ClN3O2. The van der Waals surface area contributed by atoms with Crippen LogP contribution in [0.15, 0.2) is 46.9 Å². The van der Waals surface area contributed by atoms with Crippen LogP contribution in [0.2, 0.25) is 5.02 Å². The minimum Gasteiger partial charge on any atom is -0.440 e. The highest BCUT2D eigenvalue weighted by molar-refractivity contribution is 6.30. The van der Waals surface area contributed by atoms with Crippen LogP contribution in [-0.2, 0) is 0 Å². The van der Waals surface area contributed by atoms with Crippen molar-refractivity contribution >= 4 is 40.1 Å². The van der Waals surface area contributed by atoms with Gasteiger partial charge in [-0.1, -0.05) is 31.5 Å². The predicted octanol–water partition coefficient (Wildman–Crippen LogP) is 5.25. The van der Waals surface area contributed by atoms with Gasteiger partial charge in [-0.25, -0.2) is 9.78 Å². The number of oxazole rings is 1. The van der Waals surface area contributed by atoms with Gasteiger partial charge >= 0.3 is 6.03 Å². The summed E-state index contributed by atoms with van der Waals surface area (Å²) in [4.78, 5) is 16.4. The van der Waals surface area contributed by atoms with Crippen molar-refractivity contribution in [1.82, 2.24) is 4.98 Å². The predicted molar refractivity (Wildman–Crippen MR) is 92.2 cm³/mol. The number of anilines is 2. The molecule has 2 N–H and O–H groups in total. The van der Waals surface area contributed by atoms with Gasteiger partial charge in [-0.3, -0.25) is 0 Å². The third kappa shape index (κ3) is 3.63. The zero-order valence-corrected chi connectivity index (χ0v) is 13.5. The van der Waals surface area contributed by atoms with E-state index >= 15 is 0 Å². The van der Waals surface area contributed by atoms with Crippen LogP contribution in [0.25, 0.3) is 11.1 Å². The first kappa shape index (κ1) is 15.4. The standard InChI is InChI=1S/C17H16ClN3O2/c1-10(2)16-21-14-7-6-13(9-15(14)23-16)20-17(22)19-12-5-3-4-11(18)8-12/h3-10H,1-2H3,(H2,19,20,22). The van der Waals surface area contributed by atoms with E-state index in [0.717, 1.165) is 5.52 Å². The number of urea groups is 1. The fraction of sp³-hybridized carbons (Fsp3) is 0.176. The van der Waals surface area contributed by atoms with Crippen molar-refractivity contribution in [1.29, 1.82) is 0 Å². The van der Waals surface area contributed by atoms with Gasteiger partial charge < -0.3 is 15.1 Å². The molecule has 0 aliphatic rings. The Hall–Kier alpha value is -2.53. The summed E-state index contributed by atoms with van der Waals surface area (Å²) in [6.45, 7) is 4.03. The van der Waals surface area contributed by atoms with Crippen molar-refractivity contribution < 1.29 is 9.21 Å². The molecule has 0 saturated carbocycles. The van der Waals surface area contributed by atoms with Crippen LogP contribution in [0.3, 0.4) is 0 Å². The Morgan fingerprint density at radius 2 is 1.87 bits per heavy atom. The quantitative estimate of drug-likeness (QED) is 0.689. The minimum absolute atomic E-state index is 0.213. The van der Waals surface area contributed by atoms with E-state index in [1.54, 1.807) is 36.4 Å². The number of nitrogens with one attached hydrogen (secondary N) is 2. The van der Waals surface area contributed by atoms with Crippen molar-refractivity contribution in [3.63, 3.8) is 0 Å². The Morgan fingerprint density at radius 3 is 2.57 bits per heavy atom. The van der Waals surface area contributed by atoms with E-state index in [1.165, 1.54) is 0 Å². The van der Waals surface area contributed by atoms with E-state index in [2.05, 4.69) is 15.6 Å². The monoisotopic (exact) mass is 329 g/mol. The van der Waals surface area contributed by atoms with Crippen LogP contribution in [0, 0.1) is 0 Å². The molecule has 6 heteroatoms. The van der Waals surface area contributed by atoms with Gasteiger partial charge in [0.05, 0.1) is 0 Å². The van der Waals surface area contributed by atoms with Crippen LogP contribution >= 0.6 is 11.6 Å². The van der Waals surface area contributed by atoms with Gasteiger partial charge in [0.25, 0.3) is 0 Å². The highest BCUT2D eigenvalue weighted by Gasteiger charge is 2.10. The van der Waals surface area contributed by atoms with Crippen molar-refractivity contribution in [3.8, 4) is 0 Å². The number of fused-ring (bicyclic) bond motifs is 1. The summed E-state index contributed by atoms with van der Waals surface area (Å²) in [5.41, 5.74) is 2.67. The molecule has 5 nitrogen and oxygen atoms in total.